The first-order valence-electron chi connectivity index (χ1n) is 18.7. The van der Waals surface area contributed by atoms with Crippen LogP contribution in [0.5, 0.6) is 5.75 Å². The number of nitrogens with zero attached hydrogens (tertiary/aromatic N) is 7. The van der Waals surface area contributed by atoms with E-state index in [9.17, 15) is 29.1 Å². The van der Waals surface area contributed by atoms with Gasteiger partial charge in [0.1, 0.15) is 34.0 Å². The Balaban J connectivity index is 0.000000164. The maximum Gasteiger partial charge on any atom is 0.416 e. The van der Waals surface area contributed by atoms with E-state index in [1.165, 1.54) is 16.8 Å². The number of benzene rings is 1. The third-order valence-electron chi connectivity index (χ3n) is 9.30. The third kappa shape index (κ3) is 8.83. The Morgan fingerprint density at radius 1 is 0.881 bits per heavy atom. The van der Waals surface area contributed by atoms with Gasteiger partial charge in [0.15, 0.2) is 11.3 Å². The summed E-state index contributed by atoms with van der Waals surface area (Å²) in [6.45, 7) is 5.41. The fourth-order valence-electron chi connectivity index (χ4n) is 6.32. The lowest BCUT2D eigenvalue weighted by atomic mass is 10.1. The first-order chi connectivity index (χ1) is 28.1. The summed E-state index contributed by atoms with van der Waals surface area (Å²) < 4.78 is 8.73. The molecular formula is C39H37Cl2N11O7. The van der Waals surface area contributed by atoms with Crippen molar-refractivity contribution in [3.05, 3.63) is 75.2 Å². The van der Waals surface area contributed by atoms with Crippen LogP contribution in [0.1, 0.15) is 70.4 Å². The van der Waals surface area contributed by atoms with Crippen molar-refractivity contribution >= 4 is 99.5 Å². The van der Waals surface area contributed by atoms with Crippen molar-refractivity contribution in [3.63, 3.8) is 0 Å². The number of fused-ring (bicyclic) bond motifs is 2. The van der Waals surface area contributed by atoms with Crippen molar-refractivity contribution in [2.24, 2.45) is 0 Å². The van der Waals surface area contributed by atoms with E-state index in [1.807, 2.05) is 6.07 Å². The number of halogens is 2. The van der Waals surface area contributed by atoms with Gasteiger partial charge in [-0.05, 0) is 76.8 Å². The normalized spacial score (nSPS) is 18.0. The van der Waals surface area contributed by atoms with Crippen LogP contribution in [0, 0.1) is 0 Å². The molecule has 304 valence electrons. The van der Waals surface area contributed by atoms with Crippen LogP contribution < -0.4 is 26.2 Å². The van der Waals surface area contributed by atoms with Crippen LogP contribution in [-0.2, 0) is 23.9 Å². The maximum atomic E-state index is 12.9. The molecule has 20 heteroatoms. The zero-order chi connectivity index (χ0) is 41.7. The molecule has 0 atom stereocenters. The van der Waals surface area contributed by atoms with Crippen LogP contribution in [0.25, 0.3) is 23.4 Å². The van der Waals surface area contributed by atoms with E-state index < -0.39 is 23.5 Å². The molecule has 0 bridgehead atoms. The van der Waals surface area contributed by atoms with Crippen LogP contribution >= 0.6 is 23.2 Å². The Morgan fingerprint density at radius 3 is 2.03 bits per heavy atom. The minimum absolute atomic E-state index is 0.00388. The van der Waals surface area contributed by atoms with E-state index >= 15 is 0 Å². The Hall–Kier alpha value is -6.53. The SMILES string of the molecule is CC(C)(C)OC(=O)N(c1cc(Cl)nc2c(/C=C3\CC(=O)NC3=O)cnn12)C1CC1.O=C1C/C(=C\c2cnn3c(NC4CC4)cc(Nc4ccc(O)c(Cl)c4)nc23)C(=O)N1. The first kappa shape index (κ1) is 39.3. The van der Waals surface area contributed by atoms with Gasteiger partial charge in [-0.2, -0.15) is 19.2 Å². The Bertz CT molecular complexity index is 2660. The van der Waals surface area contributed by atoms with Crippen molar-refractivity contribution in [3.8, 4) is 5.75 Å². The molecule has 2 saturated heterocycles. The number of anilines is 4. The van der Waals surface area contributed by atoms with Gasteiger partial charge in [-0.1, -0.05) is 23.2 Å². The zero-order valence-electron chi connectivity index (χ0n) is 31.9. The number of aromatic hydroxyl groups is 1. The number of aromatic nitrogens is 6. The van der Waals surface area contributed by atoms with E-state index in [0.29, 0.717) is 56.9 Å². The maximum absolute atomic E-state index is 12.9. The second-order valence-corrected chi connectivity index (χ2v) is 16.2. The van der Waals surface area contributed by atoms with Gasteiger partial charge in [-0.25, -0.2) is 14.8 Å². The Labute approximate surface area is 345 Å². The number of carbonyl (C=O) groups is 5. The average molecular weight is 843 g/mol. The summed E-state index contributed by atoms with van der Waals surface area (Å²) in [5.74, 6) is 0.219. The lowest BCUT2D eigenvalue weighted by Gasteiger charge is -2.27. The second kappa shape index (κ2) is 15.3. The highest BCUT2D eigenvalue weighted by molar-refractivity contribution is 6.32. The molecule has 2 saturated carbocycles. The van der Waals surface area contributed by atoms with Gasteiger partial charge in [-0.3, -0.25) is 34.7 Å². The van der Waals surface area contributed by atoms with Crippen LogP contribution in [0.15, 0.2) is 53.9 Å². The fourth-order valence-corrected chi connectivity index (χ4v) is 6.68. The standard InChI is InChI=1S/C20H17ClN6O3.C19H20ClN5O4/c21-14-7-13(3-4-15(14)28)23-16-8-17(24-12-1-2-12)27-19(25-16)11(9-22-27)5-10-6-18(29)26-20(10)30;1-19(2,3)29-18(28)24(12-4-5-12)15-8-13(20)22-16-11(9-21-25(15)16)6-10-7-14(26)23-17(10)27/h3-5,7-9,12,24,28H,1-2,6H2,(H,23,25)(H,26,29,30);6,8-9,12H,4-5,7H2,1-3H3,(H,23,26,27)/b10-5+;10-6+. The number of amides is 5. The molecule has 5 aromatic rings. The second-order valence-electron chi connectivity index (χ2n) is 15.4. The number of nitrogens with one attached hydrogen (secondary N) is 4. The first-order valence-corrected chi connectivity index (χ1v) is 19.4. The van der Waals surface area contributed by atoms with Crippen molar-refractivity contribution in [2.45, 2.75) is 77.0 Å². The van der Waals surface area contributed by atoms with Gasteiger partial charge in [0.25, 0.3) is 11.8 Å². The highest BCUT2D eigenvalue weighted by Gasteiger charge is 2.38. The van der Waals surface area contributed by atoms with Crippen LogP contribution in [0.3, 0.4) is 0 Å². The summed E-state index contributed by atoms with van der Waals surface area (Å²) in [4.78, 5) is 70.1. The molecule has 1 aromatic carbocycles. The summed E-state index contributed by atoms with van der Waals surface area (Å²) >= 11 is 12.2. The molecule has 59 heavy (non-hydrogen) atoms. The minimum Gasteiger partial charge on any atom is -0.506 e. The van der Waals surface area contributed by atoms with Crippen LogP contribution in [0.4, 0.5) is 27.9 Å². The fraction of sp³-hybridized carbons (Fsp3) is 0.308. The van der Waals surface area contributed by atoms with Crippen molar-refractivity contribution in [1.82, 2.24) is 39.8 Å². The third-order valence-corrected chi connectivity index (χ3v) is 9.79. The summed E-state index contributed by atoms with van der Waals surface area (Å²) in [5, 5.41) is 29.9. The number of phenols is 1. The van der Waals surface area contributed by atoms with E-state index in [1.54, 1.807) is 66.7 Å². The van der Waals surface area contributed by atoms with Crippen molar-refractivity contribution in [2.75, 3.05) is 15.5 Å². The predicted octanol–water partition coefficient (Wildman–Crippen LogP) is 5.55. The summed E-state index contributed by atoms with van der Waals surface area (Å²) in [6, 6.07) is 8.57. The van der Waals surface area contributed by atoms with Gasteiger partial charge in [0.2, 0.25) is 11.8 Å². The number of ether oxygens (including phenoxy) is 1. The number of carbonyl (C=O) groups excluding carboxylic acids is 5. The number of hydrogen-bond donors (Lipinski definition) is 5. The molecule has 9 rings (SSSR count). The molecule has 4 aliphatic rings. The van der Waals surface area contributed by atoms with E-state index in [4.69, 9.17) is 27.9 Å². The topological polar surface area (TPSA) is 227 Å². The monoisotopic (exact) mass is 841 g/mol. The minimum atomic E-state index is -0.651. The predicted molar refractivity (Wildman–Crippen MR) is 217 cm³/mol. The molecule has 4 aromatic heterocycles. The molecule has 6 heterocycles. The summed E-state index contributed by atoms with van der Waals surface area (Å²) in [6.07, 6.45) is 9.74. The molecule has 4 fully saturated rings. The number of imide groups is 2. The van der Waals surface area contributed by atoms with Crippen LogP contribution in [0.2, 0.25) is 10.2 Å². The smallest absolute Gasteiger partial charge is 0.416 e. The molecule has 5 N–H and O–H groups in total. The van der Waals surface area contributed by atoms with E-state index in [0.717, 1.165) is 31.5 Å². The lowest BCUT2D eigenvalue weighted by molar-refractivity contribution is -0.125. The van der Waals surface area contributed by atoms with Gasteiger partial charge >= 0.3 is 6.09 Å². The molecule has 0 spiro atoms. The lowest BCUT2D eigenvalue weighted by Crippen LogP contribution is -2.39. The highest BCUT2D eigenvalue weighted by atomic mass is 35.5. The largest absolute Gasteiger partial charge is 0.506 e. The molecule has 18 nitrogen and oxygen atoms in total. The molecule has 0 unspecified atom stereocenters. The number of rotatable bonds is 8. The molecule has 0 radical (unpaired) electrons. The Kier molecular flexibility index (Phi) is 10.2. The molecule has 2 aliphatic carbocycles. The average Bonchev–Trinajstić information content (AvgIpc) is 4.02. The zero-order valence-corrected chi connectivity index (χ0v) is 33.4. The van der Waals surface area contributed by atoms with Crippen molar-refractivity contribution < 1.29 is 33.8 Å². The van der Waals surface area contributed by atoms with Crippen LogP contribution in [-0.4, -0.2) is 81.7 Å². The summed E-state index contributed by atoms with van der Waals surface area (Å²) in [7, 11) is 0. The van der Waals surface area contributed by atoms with Gasteiger partial charge in [-0.15, -0.1) is 0 Å². The summed E-state index contributed by atoms with van der Waals surface area (Å²) in [5.41, 5.74) is 2.76. The number of phenolic OH excluding ortho intramolecular Hbond substituents is 1. The molecular weight excluding hydrogens is 805 g/mol. The quantitative estimate of drug-likeness (QED) is 0.0560. The van der Waals surface area contributed by atoms with Gasteiger partial charge in [0.05, 0.1) is 30.3 Å². The van der Waals surface area contributed by atoms with Gasteiger partial charge in [0, 0.05) is 52.2 Å². The van der Waals surface area contributed by atoms with Gasteiger partial charge < -0.3 is 20.5 Å². The molecule has 2 aliphatic heterocycles. The van der Waals surface area contributed by atoms with Crippen molar-refractivity contribution in [1.29, 1.82) is 0 Å². The van der Waals surface area contributed by atoms with E-state index in [2.05, 4.69) is 41.4 Å². The molecule has 5 amide bonds. The highest BCUT2D eigenvalue weighted by Crippen LogP contribution is 2.35. The number of hydrogen-bond acceptors (Lipinski definition) is 13. The van der Waals surface area contributed by atoms with E-state index in [-0.39, 0.29) is 46.6 Å². The Morgan fingerprint density at radius 2 is 1.49 bits per heavy atom.